The zero-order valence-electron chi connectivity index (χ0n) is 11.4. The molecule has 0 aromatic rings. The summed E-state index contributed by atoms with van der Waals surface area (Å²) in [7, 11) is -3.10. The Kier molecular flexibility index (Phi) is 7.92. The average molecular weight is 328 g/mol. The van der Waals surface area contributed by atoms with Crippen LogP contribution in [-0.2, 0) is 10.0 Å². The summed E-state index contributed by atoms with van der Waals surface area (Å²) >= 11 is 3.39. The van der Waals surface area contributed by atoms with Gasteiger partial charge in [-0.15, -0.1) is 0 Å². The number of nitrogens with one attached hydrogen (secondary N) is 1. The number of alkyl halides is 1. The summed E-state index contributed by atoms with van der Waals surface area (Å²) < 4.78 is 26.2. The summed E-state index contributed by atoms with van der Waals surface area (Å²) in [4.78, 5) is 0. The van der Waals surface area contributed by atoms with Crippen molar-refractivity contribution >= 4 is 26.0 Å². The molecule has 0 aromatic heterocycles. The Bertz CT molecular complexity index is 300. The summed E-state index contributed by atoms with van der Waals surface area (Å²) in [6.07, 6.45) is 2.81. The van der Waals surface area contributed by atoms with Crippen LogP contribution in [0.5, 0.6) is 0 Å². The van der Waals surface area contributed by atoms with E-state index in [-0.39, 0.29) is 11.2 Å². The van der Waals surface area contributed by atoms with Gasteiger partial charge in [0.25, 0.3) is 0 Å². The van der Waals surface area contributed by atoms with E-state index in [1.54, 1.807) is 0 Å². The van der Waals surface area contributed by atoms with Gasteiger partial charge in [-0.1, -0.05) is 43.6 Å². The standard InChI is InChI=1S/C12H26BrNO2S/c1-11(2)6-9-17(15,16)14-10-12(3,4)7-5-8-13/h11,14H,5-10H2,1-4H3. The molecule has 0 atom stereocenters. The second-order valence-electron chi connectivity index (χ2n) is 5.78. The third-order valence-corrected chi connectivity index (χ3v) is 4.64. The van der Waals surface area contributed by atoms with E-state index in [2.05, 4.69) is 34.5 Å². The Morgan fingerprint density at radius 1 is 1.29 bits per heavy atom. The fraction of sp³-hybridized carbons (Fsp3) is 1.00. The molecule has 0 fully saturated rings. The van der Waals surface area contributed by atoms with Crippen LogP contribution in [0, 0.1) is 11.3 Å². The number of hydrogen-bond donors (Lipinski definition) is 1. The van der Waals surface area contributed by atoms with E-state index in [1.165, 1.54) is 0 Å². The van der Waals surface area contributed by atoms with Crippen molar-refractivity contribution in [2.24, 2.45) is 11.3 Å². The zero-order valence-corrected chi connectivity index (χ0v) is 13.8. The molecule has 104 valence electrons. The smallest absolute Gasteiger partial charge is 0.211 e. The molecule has 0 saturated carbocycles. The van der Waals surface area contributed by atoms with Gasteiger partial charge in [0.2, 0.25) is 10.0 Å². The Hall–Kier alpha value is 0.390. The second-order valence-corrected chi connectivity index (χ2v) is 8.50. The molecule has 3 nitrogen and oxygen atoms in total. The summed E-state index contributed by atoms with van der Waals surface area (Å²) in [6.45, 7) is 8.80. The molecule has 0 radical (unpaired) electrons. The van der Waals surface area contributed by atoms with Gasteiger partial charge in [0.05, 0.1) is 5.75 Å². The van der Waals surface area contributed by atoms with E-state index in [0.29, 0.717) is 12.5 Å². The average Bonchev–Trinajstić information content (AvgIpc) is 2.22. The van der Waals surface area contributed by atoms with Crippen LogP contribution in [0.4, 0.5) is 0 Å². The molecular weight excluding hydrogens is 302 g/mol. The molecule has 0 rings (SSSR count). The van der Waals surface area contributed by atoms with Crippen molar-refractivity contribution in [2.75, 3.05) is 17.6 Å². The normalized spacial score (nSPS) is 13.3. The first-order chi connectivity index (χ1) is 7.68. The van der Waals surface area contributed by atoms with Crippen LogP contribution in [0.2, 0.25) is 0 Å². The lowest BCUT2D eigenvalue weighted by molar-refractivity contribution is 0.332. The lowest BCUT2D eigenvalue weighted by Gasteiger charge is -2.24. The Morgan fingerprint density at radius 2 is 1.88 bits per heavy atom. The van der Waals surface area contributed by atoms with Gasteiger partial charge in [0, 0.05) is 11.9 Å². The van der Waals surface area contributed by atoms with Crippen molar-refractivity contribution < 1.29 is 8.42 Å². The predicted octanol–water partition coefficient (Wildman–Crippen LogP) is 3.15. The third kappa shape index (κ3) is 10.0. The van der Waals surface area contributed by atoms with Crippen molar-refractivity contribution in [1.29, 1.82) is 0 Å². The molecule has 0 saturated heterocycles. The van der Waals surface area contributed by atoms with Gasteiger partial charge < -0.3 is 0 Å². The molecule has 0 aliphatic carbocycles. The second kappa shape index (κ2) is 7.74. The highest BCUT2D eigenvalue weighted by Gasteiger charge is 2.20. The molecule has 5 heteroatoms. The predicted molar refractivity (Wildman–Crippen MR) is 78.1 cm³/mol. The topological polar surface area (TPSA) is 46.2 Å². The molecule has 0 spiro atoms. The van der Waals surface area contributed by atoms with Gasteiger partial charge in [-0.2, -0.15) is 0 Å². The van der Waals surface area contributed by atoms with Crippen molar-refractivity contribution in [3.05, 3.63) is 0 Å². The molecule has 17 heavy (non-hydrogen) atoms. The molecule has 0 heterocycles. The SMILES string of the molecule is CC(C)CCS(=O)(=O)NCC(C)(C)CCCBr. The lowest BCUT2D eigenvalue weighted by Crippen LogP contribution is -2.35. The minimum absolute atomic E-state index is 0.0265. The summed E-state index contributed by atoms with van der Waals surface area (Å²) in [5, 5.41) is 0.969. The van der Waals surface area contributed by atoms with Crippen LogP contribution < -0.4 is 4.72 Å². The van der Waals surface area contributed by atoms with Crippen molar-refractivity contribution in [2.45, 2.75) is 47.0 Å². The van der Waals surface area contributed by atoms with Crippen LogP contribution in [0.3, 0.4) is 0 Å². The van der Waals surface area contributed by atoms with Gasteiger partial charge in [-0.3, -0.25) is 0 Å². The Morgan fingerprint density at radius 3 is 2.35 bits per heavy atom. The van der Waals surface area contributed by atoms with Crippen LogP contribution in [-0.4, -0.2) is 26.0 Å². The van der Waals surface area contributed by atoms with Crippen molar-refractivity contribution in [3.8, 4) is 0 Å². The zero-order chi connectivity index (χ0) is 13.5. The molecule has 0 aliphatic rings. The highest BCUT2D eigenvalue weighted by Crippen LogP contribution is 2.22. The van der Waals surface area contributed by atoms with E-state index < -0.39 is 10.0 Å². The summed E-state index contributed by atoms with van der Waals surface area (Å²) in [5.41, 5.74) is 0.0265. The van der Waals surface area contributed by atoms with Crippen LogP contribution in [0.25, 0.3) is 0 Å². The van der Waals surface area contributed by atoms with Crippen molar-refractivity contribution in [3.63, 3.8) is 0 Å². The van der Waals surface area contributed by atoms with Gasteiger partial charge in [-0.05, 0) is 30.6 Å². The van der Waals surface area contributed by atoms with Gasteiger partial charge in [0.15, 0.2) is 0 Å². The largest absolute Gasteiger partial charge is 0.215 e. The monoisotopic (exact) mass is 327 g/mol. The minimum Gasteiger partial charge on any atom is -0.215 e. The first kappa shape index (κ1) is 17.4. The molecule has 0 bridgehead atoms. The van der Waals surface area contributed by atoms with E-state index in [0.717, 1.165) is 24.6 Å². The molecule has 1 N–H and O–H groups in total. The minimum atomic E-state index is -3.10. The van der Waals surface area contributed by atoms with Crippen LogP contribution >= 0.6 is 15.9 Å². The van der Waals surface area contributed by atoms with E-state index in [9.17, 15) is 8.42 Å². The van der Waals surface area contributed by atoms with Gasteiger partial charge in [0.1, 0.15) is 0 Å². The first-order valence-electron chi connectivity index (χ1n) is 6.22. The van der Waals surface area contributed by atoms with Crippen LogP contribution in [0.15, 0.2) is 0 Å². The van der Waals surface area contributed by atoms with Gasteiger partial charge in [-0.25, -0.2) is 13.1 Å². The molecule has 0 unspecified atom stereocenters. The highest BCUT2D eigenvalue weighted by atomic mass is 79.9. The maximum Gasteiger partial charge on any atom is 0.211 e. The molecule has 0 aromatic carbocycles. The summed E-state index contributed by atoms with van der Waals surface area (Å²) in [6, 6.07) is 0. The fourth-order valence-electron chi connectivity index (χ4n) is 1.40. The lowest BCUT2D eigenvalue weighted by atomic mass is 9.88. The first-order valence-corrected chi connectivity index (χ1v) is 8.99. The highest BCUT2D eigenvalue weighted by molar-refractivity contribution is 9.09. The Balaban J connectivity index is 4.07. The maximum absolute atomic E-state index is 11.7. The number of sulfonamides is 1. The third-order valence-electron chi connectivity index (χ3n) is 2.72. The quantitative estimate of drug-likeness (QED) is 0.661. The molecule has 0 aliphatic heterocycles. The van der Waals surface area contributed by atoms with E-state index in [1.807, 2.05) is 13.8 Å². The number of rotatable bonds is 9. The van der Waals surface area contributed by atoms with E-state index in [4.69, 9.17) is 0 Å². The van der Waals surface area contributed by atoms with Crippen molar-refractivity contribution in [1.82, 2.24) is 4.72 Å². The molecule has 0 amide bonds. The maximum atomic E-state index is 11.7. The molecular formula is C12H26BrNO2S. The number of halogens is 1. The Labute approximate surface area is 115 Å². The fourth-order valence-corrected chi connectivity index (χ4v) is 3.22. The number of hydrogen-bond acceptors (Lipinski definition) is 2. The van der Waals surface area contributed by atoms with E-state index >= 15 is 0 Å². The van der Waals surface area contributed by atoms with Gasteiger partial charge >= 0.3 is 0 Å². The summed E-state index contributed by atoms with van der Waals surface area (Å²) in [5.74, 6) is 0.659. The van der Waals surface area contributed by atoms with Crippen LogP contribution in [0.1, 0.15) is 47.0 Å².